The van der Waals surface area contributed by atoms with E-state index in [1.165, 1.54) is 16.7 Å². The number of ether oxygens (including phenoxy) is 2. The van der Waals surface area contributed by atoms with Gasteiger partial charge in [-0.1, -0.05) is 18.2 Å². The van der Waals surface area contributed by atoms with Crippen LogP contribution in [0, 0.1) is 5.92 Å². The van der Waals surface area contributed by atoms with Gasteiger partial charge in [0.05, 0.1) is 12.6 Å². The maximum absolute atomic E-state index is 12.9. The summed E-state index contributed by atoms with van der Waals surface area (Å²) in [6, 6.07) is 14.3. The van der Waals surface area contributed by atoms with E-state index >= 15 is 0 Å². The highest BCUT2D eigenvalue weighted by Gasteiger charge is 2.23. The van der Waals surface area contributed by atoms with Crippen molar-refractivity contribution in [2.75, 3.05) is 32.8 Å². The molecular weight excluding hydrogens is 428 g/mol. The molecule has 6 heteroatoms. The lowest BCUT2D eigenvalue weighted by Gasteiger charge is -2.28. The SMILES string of the molecule is O=C1CN(Cc2ccc3c(c2)CCC(CC(=O)c2ccc(OC[C@@H]4CCCO4)cc2)C3)CCN1. The van der Waals surface area contributed by atoms with Crippen molar-refractivity contribution in [2.24, 2.45) is 5.92 Å². The summed E-state index contributed by atoms with van der Waals surface area (Å²) in [6.45, 7) is 4.32. The van der Waals surface area contributed by atoms with E-state index in [-0.39, 0.29) is 17.8 Å². The van der Waals surface area contributed by atoms with Gasteiger partial charge in [-0.3, -0.25) is 14.5 Å². The lowest BCUT2D eigenvalue weighted by Crippen LogP contribution is -2.47. The topological polar surface area (TPSA) is 67.9 Å². The predicted molar refractivity (Wildman–Crippen MR) is 130 cm³/mol. The molecule has 2 heterocycles. The molecule has 1 N–H and O–H groups in total. The zero-order valence-electron chi connectivity index (χ0n) is 19.8. The molecule has 1 aliphatic carbocycles. The molecule has 2 fully saturated rings. The smallest absolute Gasteiger partial charge is 0.234 e. The average Bonchev–Trinajstić information content (AvgIpc) is 3.37. The Labute approximate surface area is 201 Å². The lowest BCUT2D eigenvalue weighted by molar-refractivity contribution is -0.124. The molecule has 0 spiro atoms. The van der Waals surface area contributed by atoms with E-state index in [1.807, 2.05) is 24.3 Å². The zero-order valence-corrected chi connectivity index (χ0v) is 19.8. The molecule has 5 rings (SSSR count). The molecule has 0 saturated carbocycles. The Hall–Kier alpha value is -2.70. The number of amides is 1. The Kier molecular flexibility index (Phi) is 7.26. The van der Waals surface area contributed by atoms with Gasteiger partial charge in [-0.05, 0) is 79.0 Å². The van der Waals surface area contributed by atoms with Crippen LogP contribution in [0.4, 0.5) is 0 Å². The average molecular weight is 463 g/mol. The Morgan fingerprint density at radius 3 is 2.79 bits per heavy atom. The van der Waals surface area contributed by atoms with Crippen LogP contribution in [0.2, 0.25) is 0 Å². The maximum atomic E-state index is 12.9. The van der Waals surface area contributed by atoms with Crippen molar-refractivity contribution in [1.29, 1.82) is 0 Å². The highest BCUT2D eigenvalue weighted by Crippen LogP contribution is 2.30. The van der Waals surface area contributed by atoms with E-state index < -0.39 is 0 Å². The van der Waals surface area contributed by atoms with Crippen LogP contribution in [0.1, 0.15) is 52.7 Å². The monoisotopic (exact) mass is 462 g/mol. The van der Waals surface area contributed by atoms with Crippen LogP contribution in [-0.2, 0) is 28.9 Å². The number of benzene rings is 2. The van der Waals surface area contributed by atoms with E-state index in [2.05, 4.69) is 28.4 Å². The van der Waals surface area contributed by atoms with Gasteiger partial charge in [0.1, 0.15) is 12.4 Å². The van der Waals surface area contributed by atoms with Crippen molar-refractivity contribution in [3.63, 3.8) is 0 Å². The molecule has 0 radical (unpaired) electrons. The Morgan fingerprint density at radius 2 is 2.00 bits per heavy atom. The van der Waals surface area contributed by atoms with Gasteiger partial charge >= 0.3 is 0 Å². The summed E-state index contributed by atoms with van der Waals surface area (Å²) in [4.78, 5) is 26.7. The Morgan fingerprint density at radius 1 is 1.12 bits per heavy atom. The largest absolute Gasteiger partial charge is 0.491 e. The number of hydrogen-bond acceptors (Lipinski definition) is 5. The summed E-state index contributed by atoms with van der Waals surface area (Å²) >= 11 is 0. The van der Waals surface area contributed by atoms with Crippen LogP contribution in [0.15, 0.2) is 42.5 Å². The Balaban J connectivity index is 1.12. The van der Waals surface area contributed by atoms with Crippen LogP contribution < -0.4 is 10.1 Å². The number of carbonyl (C=O) groups excluding carboxylic acids is 2. The second kappa shape index (κ2) is 10.7. The van der Waals surface area contributed by atoms with Crippen molar-refractivity contribution in [1.82, 2.24) is 10.2 Å². The van der Waals surface area contributed by atoms with Crippen LogP contribution in [0.3, 0.4) is 0 Å². The van der Waals surface area contributed by atoms with Gasteiger partial charge in [-0.2, -0.15) is 0 Å². The van der Waals surface area contributed by atoms with Gasteiger partial charge in [0, 0.05) is 38.2 Å². The van der Waals surface area contributed by atoms with Gasteiger partial charge in [-0.15, -0.1) is 0 Å². The number of rotatable bonds is 8. The zero-order chi connectivity index (χ0) is 23.3. The highest BCUT2D eigenvalue weighted by atomic mass is 16.5. The summed E-state index contributed by atoms with van der Waals surface area (Å²) in [5, 5.41) is 2.88. The third-order valence-corrected chi connectivity index (χ3v) is 7.24. The molecule has 2 atom stereocenters. The summed E-state index contributed by atoms with van der Waals surface area (Å²) in [5.74, 6) is 1.49. The van der Waals surface area contributed by atoms with E-state index in [0.717, 1.165) is 69.7 Å². The molecule has 180 valence electrons. The first-order valence-electron chi connectivity index (χ1n) is 12.6. The fourth-order valence-corrected chi connectivity index (χ4v) is 5.32. The van der Waals surface area contributed by atoms with E-state index in [0.29, 0.717) is 25.5 Å². The van der Waals surface area contributed by atoms with Gasteiger partial charge in [0.15, 0.2) is 5.78 Å². The van der Waals surface area contributed by atoms with E-state index in [1.54, 1.807) is 0 Å². The summed E-state index contributed by atoms with van der Waals surface area (Å²) in [5.41, 5.74) is 4.79. The van der Waals surface area contributed by atoms with Crippen LogP contribution in [-0.4, -0.2) is 55.5 Å². The summed E-state index contributed by atoms with van der Waals surface area (Å²) in [7, 11) is 0. The van der Waals surface area contributed by atoms with Gasteiger partial charge in [-0.25, -0.2) is 0 Å². The minimum Gasteiger partial charge on any atom is -0.491 e. The van der Waals surface area contributed by atoms with Crippen molar-refractivity contribution < 1.29 is 19.1 Å². The second-order valence-electron chi connectivity index (χ2n) is 9.87. The quantitative estimate of drug-likeness (QED) is 0.608. The standard InChI is InChI=1S/C28H34N2O4/c31-27(22-7-9-25(10-8-22)34-19-26-2-1-13-33-26)16-20-3-5-24-15-21(4-6-23(24)14-20)17-30-12-11-29-28(32)18-30/h4,6-10,15,20,26H,1-3,5,11-14,16-19H2,(H,29,32)/t20?,26-/m0/s1. The van der Waals surface area contributed by atoms with Crippen molar-refractivity contribution in [3.8, 4) is 5.75 Å². The van der Waals surface area contributed by atoms with Crippen molar-refractivity contribution in [3.05, 3.63) is 64.7 Å². The molecule has 2 aromatic rings. The van der Waals surface area contributed by atoms with Crippen LogP contribution in [0.5, 0.6) is 5.75 Å². The summed E-state index contributed by atoms with van der Waals surface area (Å²) < 4.78 is 11.4. The minimum atomic E-state index is 0.109. The van der Waals surface area contributed by atoms with E-state index in [4.69, 9.17) is 9.47 Å². The molecule has 34 heavy (non-hydrogen) atoms. The third-order valence-electron chi connectivity index (χ3n) is 7.24. The molecule has 1 unspecified atom stereocenters. The number of carbonyl (C=O) groups is 2. The van der Waals surface area contributed by atoms with Crippen molar-refractivity contribution >= 4 is 11.7 Å². The molecule has 6 nitrogen and oxygen atoms in total. The number of ketones is 1. The fraction of sp³-hybridized carbons (Fsp3) is 0.500. The molecule has 2 aromatic carbocycles. The molecule has 3 aliphatic rings. The maximum Gasteiger partial charge on any atom is 0.234 e. The van der Waals surface area contributed by atoms with Gasteiger partial charge in [0.25, 0.3) is 0 Å². The number of nitrogens with one attached hydrogen (secondary N) is 1. The van der Waals surface area contributed by atoms with Crippen LogP contribution >= 0.6 is 0 Å². The number of Topliss-reactive ketones (excluding diaryl/α,β-unsaturated/α-hetero) is 1. The molecular formula is C28H34N2O4. The second-order valence-corrected chi connectivity index (χ2v) is 9.87. The highest BCUT2D eigenvalue weighted by molar-refractivity contribution is 5.96. The first-order chi connectivity index (χ1) is 16.6. The lowest BCUT2D eigenvalue weighted by atomic mass is 9.80. The van der Waals surface area contributed by atoms with E-state index in [9.17, 15) is 9.59 Å². The van der Waals surface area contributed by atoms with Gasteiger partial charge < -0.3 is 14.8 Å². The minimum absolute atomic E-state index is 0.109. The van der Waals surface area contributed by atoms with Gasteiger partial charge in [0.2, 0.25) is 5.91 Å². The molecule has 0 bridgehead atoms. The molecule has 1 amide bonds. The molecule has 2 saturated heterocycles. The normalized spacial score (nSPS) is 22.8. The third kappa shape index (κ3) is 5.86. The Bertz CT molecular complexity index is 1010. The first-order valence-corrected chi connectivity index (χ1v) is 12.6. The number of nitrogens with zero attached hydrogens (tertiary/aromatic N) is 1. The van der Waals surface area contributed by atoms with Crippen molar-refractivity contribution in [2.45, 2.75) is 51.2 Å². The van der Waals surface area contributed by atoms with Crippen LogP contribution in [0.25, 0.3) is 0 Å². The fourth-order valence-electron chi connectivity index (χ4n) is 5.32. The number of piperazine rings is 1. The number of aryl methyl sites for hydroxylation is 1. The number of hydrogen-bond donors (Lipinski definition) is 1. The first kappa shape index (κ1) is 23.1. The summed E-state index contributed by atoms with van der Waals surface area (Å²) in [6.07, 6.45) is 5.94. The molecule has 2 aliphatic heterocycles. The predicted octanol–water partition coefficient (Wildman–Crippen LogP) is 3.55. The molecule has 0 aromatic heterocycles. The number of fused-ring (bicyclic) bond motifs is 1.